The van der Waals surface area contributed by atoms with Gasteiger partial charge in [0.05, 0.1) is 6.16 Å². The zero-order chi connectivity index (χ0) is 9.73. The van der Waals surface area contributed by atoms with Crippen molar-refractivity contribution in [2.24, 2.45) is 0 Å². The predicted octanol–water partition coefficient (Wildman–Crippen LogP) is 2.92. The molecule has 4 heteroatoms. The molecule has 0 aliphatic heterocycles. The molecule has 0 aliphatic carbocycles. The second-order valence-electron chi connectivity index (χ2n) is 2.51. The van der Waals surface area contributed by atoms with Crippen molar-refractivity contribution < 1.29 is 13.6 Å². The smallest absolute Gasteiger partial charge is 0.378 e. The molecule has 1 aromatic carbocycles. The minimum Gasteiger partial charge on any atom is -0.424 e. The molecule has 1 rings (SSSR count). The van der Waals surface area contributed by atoms with E-state index in [0.29, 0.717) is 11.9 Å². The summed E-state index contributed by atoms with van der Waals surface area (Å²) in [5.74, 6) is 0.578. The maximum Gasteiger partial charge on any atom is 0.378 e. The molecule has 1 atom stereocenters. The van der Waals surface area contributed by atoms with Crippen LogP contribution in [-0.4, -0.2) is 13.3 Å². The molecule has 13 heavy (non-hydrogen) atoms. The van der Waals surface area contributed by atoms with Crippen LogP contribution in [0.4, 0.5) is 0 Å². The first kappa shape index (κ1) is 10.3. The van der Waals surface area contributed by atoms with Gasteiger partial charge in [0.25, 0.3) is 0 Å². The molecular weight excluding hydrogens is 187 g/mol. The SMILES string of the molecule is CCP(=O)(OC)Oc1ccccc1. The van der Waals surface area contributed by atoms with Crippen LogP contribution in [0, 0.1) is 0 Å². The number of rotatable bonds is 4. The van der Waals surface area contributed by atoms with E-state index in [2.05, 4.69) is 0 Å². The monoisotopic (exact) mass is 200 g/mol. The Balaban J connectivity index is 2.74. The van der Waals surface area contributed by atoms with Gasteiger partial charge in [-0.2, -0.15) is 0 Å². The number of hydrogen-bond acceptors (Lipinski definition) is 3. The fourth-order valence-electron chi connectivity index (χ4n) is 0.873. The highest BCUT2D eigenvalue weighted by molar-refractivity contribution is 7.54. The van der Waals surface area contributed by atoms with E-state index in [1.54, 1.807) is 19.1 Å². The lowest BCUT2D eigenvalue weighted by Crippen LogP contribution is -1.97. The Morgan fingerprint density at radius 1 is 1.31 bits per heavy atom. The summed E-state index contributed by atoms with van der Waals surface area (Å²) in [4.78, 5) is 0. The van der Waals surface area contributed by atoms with Gasteiger partial charge in [0.1, 0.15) is 5.75 Å². The quantitative estimate of drug-likeness (QED) is 0.701. The van der Waals surface area contributed by atoms with Crippen LogP contribution in [0.25, 0.3) is 0 Å². The molecule has 0 bridgehead atoms. The predicted molar refractivity (Wildman–Crippen MR) is 52.2 cm³/mol. The van der Waals surface area contributed by atoms with Crippen LogP contribution in [0.2, 0.25) is 0 Å². The molecule has 0 spiro atoms. The van der Waals surface area contributed by atoms with Gasteiger partial charge in [-0.05, 0) is 12.1 Å². The van der Waals surface area contributed by atoms with E-state index in [9.17, 15) is 4.57 Å². The van der Waals surface area contributed by atoms with E-state index >= 15 is 0 Å². The van der Waals surface area contributed by atoms with Gasteiger partial charge in [-0.1, -0.05) is 25.1 Å². The Morgan fingerprint density at radius 3 is 2.38 bits per heavy atom. The van der Waals surface area contributed by atoms with Crippen molar-refractivity contribution >= 4 is 7.60 Å². The van der Waals surface area contributed by atoms with Crippen LogP contribution < -0.4 is 4.52 Å². The lowest BCUT2D eigenvalue weighted by atomic mass is 10.3. The fourth-order valence-corrected chi connectivity index (χ4v) is 1.78. The number of hydrogen-bond donors (Lipinski definition) is 0. The highest BCUT2D eigenvalue weighted by atomic mass is 31.2. The maximum absolute atomic E-state index is 11.7. The van der Waals surface area contributed by atoms with Crippen molar-refractivity contribution in [3.05, 3.63) is 30.3 Å². The van der Waals surface area contributed by atoms with Crippen molar-refractivity contribution in [3.63, 3.8) is 0 Å². The average Bonchev–Trinajstić information content (AvgIpc) is 2.19. The van der Waals surface area contributed by atoms with Crippen molar-refractivity contribution in [1.29, 1.82) is 0 Å². The highest BCUT2D eigenvalue weighted by Gasteiger charge is 2.20. The Kier molecular flexibility index (Phi) is 3.52. The highest BCUT2D eigenvalue weighted by Crippen LogP contribution is 2.46. The van der Waals surface area contributed by atoms with Gasteiger partial charge in [-0.3, -0.25) is 0 Å². The van der Waals surface area contributed by atoms with Crippen LogP contribution in [0.3, 0.4) is 0 Å². The standard InChI is InChI=1S/C9H13O3P/c1-3-13(10,11-2)12-9-7-5-4-6-8-9/h4-8H,3H2,1-2H3. The third-order valence-electron chi connectivity index (χ3n) is 1.65. The molecular formula is C9H13O3P. The molecule has 0 saturated carbocycles. The van der Waals surface area contributed by atoms with Crippen LogP contribution in [0.15, 0.2) is 30.3 Å². The number of benzene rings is 1. The lowest BCUT2D eigenvalue weighted by molar-refractivity contribution is 0.323. The minimum atomic E-state index is -2.90. The topological polar surface area (TPSA) is 35.5 Å². The van der Waals surface area contributed by atoms with E-state index < -0.39 is 7.60 Å². The third kappa shape index (κ3) is 2.87. The fraction of sp³-hybridized carbons (Fsp3) is 0.333. The summed E-state index contributed by atoms with van der Waals surface area (Å²) < 4.78 is 21.7. The molecule has 0 aliphatic rings. The second-order valence-corrected chi connectivity index (χ2v) is 4.92. The van der Waals surface area contributed by atoms with Crippen LogP contribution in [-0.2, 0) is 9.09 Å². The Bertz CT molecular complexity index is 289. The summed E-state index contributed by atoms with van der Waals surface area (Å²) in [6.07, 6.45) is 0.373. The molecule has 0 N–H and O–H groups in total. The van der Waals surface area contributed by atoms with E-state index in [0.717, 1.165) is 0 Å². The van der Waals surface area contributed by atoms with E-state index in [-0.39, 0.29) is 0 Å². The summed E-state index contributed by atoms with van der Waals surface area (Å²) >= 11 is 0. The van der Waals surface area contributed by atoms with Crippen LogP contribution in [0.1, 0.15) is 6.92 Å². The molecule has 0 fully saturated rings. The zero-order valence-corrected chi connectivity index (χ0v) is 8.66. The van der Waals surface area contributed by atoms with Gasteiger partial charge in [0.2, 0.25) is 0 Å². The van der Waals surface area contributed by atoms with E-state index in [1.165, 1.54) is 7.11 Å². The Hall–Kier alpha value is -0.790. The molecule has 0 amide bonds. The summed E-state index contributed by atoms with van der Waals surface area (Å²) in [6, 6.07) is 9.02. The normalized spacial score (nSPS) is 14.9. The van der Waals surface area contributed by atoms with Gasteiger partial charge >= 0.3 is 7.60 Å². The van der Waals surface area contributed by atoms with E-state index in [4.69, 9.17) is 9.05 Å². The van der Waals surface area contributed by atoms with Gasteiger partial charge in [0, 0.05) is 7.11 Å². The van der Waals surface area contributed by atoms with Gasteiger partial charge in [0.15, 0.2) is 0 Å². The molecule has 0 aromatic heterocycles. The second kappa shape index (κ2) is 4.45. The van der Waals surface area contributed by atoms with Gasteiger partial charge < -0.3 is 9.05 Å². The molecule has 0 saturated heterocycles. The van der Waals surface area contributed by atoms with Crippen LogP contribution >= 0.6 is 7.60 Å². The zero-order valence-electron chi connectivity index (χ0n) is 7.77. The summed E-state index contributed by atoms with van der Waals surface area (Å²) in [6.45, 7) is 1.77. The molecule has 1 aromatic rings. The Labute approximate surface area is 78.2 Å². The van der Waals surface area contributed by atoms with Crippen molar-refractivity contribution in [1.82, 2.24) is 0 Å². The number of para-hydroxylation sites is 1. The first-order chi connectivity index (χ1) is 6.20. The first-order valence-electron chi connectivity index (χ1n) is 4.09. The minimum absolute atomic E-state index is 0.373. The average molecular weight is 200 g/mol. The maximum atomic E-state index is 11.7. The molecule has 0 heterocycles. The van der Waals surface area contributed by atoms with Crippen LogP contribution in [0.5, 0.6) is 5.75 Å². The summed E-state index contributed by atoms with van der Waals surface area (Å²) in [5.41, 5.74) is 0. The summed E-state index contributed by atoms with van der Waals surface area (Å²) in [5, 5.41) is 0. The molecule has 3 nitrogen and oxygen atoms in total. The molecule has 72 valence electrons. The first-order valence-corrected chi connectivity index (χ1v) is 5.82. The van der Waals surface area contributed by atoms with Gasteiger partial charge in [-0.15, -0.1) is 0 Å². The van der Waals surface area contributed by atoms with Gasteiger partial charge in [-0.25, -0.2) is 4.57 Å². The largest absolute Gasteiger partial charge is 0.424 e. The van der Waals surface area contributed by atoms with Crippen molar-refractivity contribution in [2.45, 2.75) is 6.92 Å². The van der Waals surface area contributed by atoms with Crippen molar-refractivity contribution in [3.8, 4) is 5.75 Å². The lowest BCUT2D eigenvalue weighted by Gasteiger charge is -2.14. The molecule has 0 radical (unpaired) electrons. The third-order valence-corrected chi connectivity index (χ3v) is 3.47. The van der Waals surface area contributed by atoms with E-state index in [1.807, 2.05) is 18.2 Å². The summed E-state index contributed by atoms with van der Waals surface area (Å²) in [7, 11) is -1.51. The van der Waals surface area contributed by atoms with Crippen molar-refractivity contribution in [2.75, 3.05) is 13.3 Å². The molecule has 1 unspecified atom stereocenters. The Morgan fingerprint density at radius 2 is 1.92 bits per heavy atom.